The minimum atomic E-state index is -1.30. The Hall–Kier alpha value is -3.02. The number of nitrogens with one attached hydrogen (secondary N) is 1. The van der Waals surface area contributed by atoms with Gasteiger partial charge >= 0.3 is 5.97 Å². The number of β-amino-alcohol motifs (C(OH)–C–C–N with tert-alkyl or cyclic N) is 1. The lowest BCUT2D eigenvalue weighted by Gasteiger charge is -2.45. The van der Waals surface area contributed by atoms with Crippen molar-refractivity contribution in [3.8, 4) is 0 Å². The fourth-order valence-corrected chi connectivity index (χ4v) is 8.92. The maximum absolute atomic E-state index is 14.7. The number of carbonyl (C=O) groups excluding carboxylic acids is 4. The summed E-state index contributed by atoms with van der Waals surface area (Å²) in [7, 11) is 0. The molecule has 11 heteroatoms. The number of hydrogen-bond donors (Lipinski definition) is 2. The third-order valence-electron chi connectivity index (χ3n) is 9.40. The van der Waals surface area contributed by atoms with Crippen molar-refractivity contribution in [2.24, 2.45) is 17.3 Å². The normalized spacial score (nSPS) is 27.3. The minimum absolute atomic E-state index is 0.0442. The van der Waals surface area contributed by atoms with Gasteiger partial charge in [0, 0.05) is 29.9 Å². The molecule has 3 aliphatic rings. The molecule has 1 unspecified atom stereocenters. The molecule has 0 radical (unpaired) electrons. The summed E-state index contributed by atoms with van der Waals surface area (Å²) in [5, 5.41) is 12.9. The van der Waals surface area contributed by atoms with Crippen molar-refractivity contribution in [2.75, 3.05) is 26.2 Å². The van der Waals surface area contributed by atoms with Gasteiger partial charge in [0.2, 0.25) is 17.7 Å². The molecule has 2 N–H and O–H groups in total. The van der Waals surface area contributed by atoms with Gasteiger partial charge in [0.1, 0.15) is 17.7 Å². The molecule has 2 bridgehead atoms. The van der Waals surface area contributed by atoms with Crippen LogP contribution >= 0.6 is 15.9 Å². The summed E-state index contributed by atoms with van der Waals surface area (Å²) in [5.41, 5.74) is -1.32. The van der Waals surface area contributed by atoms with Gasteiger partial charge in [-0.25, -0.2) is 0 Å². The number of likely N-dealkylation sites (tertiary alicyclic amines) is 1. The van der Waals surface area contributed by atoms with Crippen LogP contribution in [0, 0.1) is 17.3 Å². The summed E-state index contributed by atoms with van der Waals surface area (Å²) in [6.07, 6.45) is 3.59. The number of carbonyl (C=O) groups is 4. The smallest absolute Gasteiger partial charge is 0.313 e. The van der Waals surface area contributed by atoms with E-state index in [9.17, 15) is 24.3 Å². The molecule has 4 rings (SSSR count). The van der Waals surface area contributed by atoms with Crippen molar-refractivity contribution in [1.29, 1.82) is 0 Å². The first-order valence-corrected chi connectivity index (χ1v) is 17.3. The zero-order valence-electron chi connectivity index (χ0n) is 28.2. The molecule has 3 heterocycles. The standard InChI is InChI=1S/C36H50BrN3O7/c1-8-10-16-26(42)38-21-25(23-14-12-11-13-15-23)46-33(45)27-28-31(43)39(18-19-41)30(36(28)20-24(37)29(27)47-36)32(44)40(17-9-2)35(6,7)22-34(3,4)5/h8-9,11-15,24-25,27-30,41H,1-2,10,16-22H2,3-7H3,(H,38,42)/t24?,25-,27-,28+,29-,30-,36+/m0/s1. The second kappa shape index (κ2) is 14.6. The molecule has 1 aromatic rings. The molecular weight excluding hydrogens is 666 g/mol. The monoisotopic (exact) mass is 715 g/mol. The number of benzene rings is 1. The summed E-state index contributed by atoms with van der Waals surface area (Å²) in [5.74, 6) is -3.54. The van der Waals surface area contributed by atoms with E-state index in [0.29, 0.717) is 24.8 Å². The lowest BCUT2D eigenvalue weighted by molar-refractivity contribution is -0.160. The summed E-state index contributed by atoms with van der Waals surface area (Å²) < 4.78 is 12.8. The zero-order valence-corrected chi connectivity index (χ0v) is 29.8. The first-order valence-electron chi connectivity index (χ1n) is 16.4. The molecule has 3 aliphatic heterocycles. The largest absolute Gasteiger partial charge is 0.455 e. The van der Waals surface area contributed by atoms with Crippen molar-refractivity contribution in [1.82, 2.24) is 15.1 Å². The second-order valence-electron chi connectivity index (χ2n) is 14.7. The van der Waals surface area contributed by atoms with E-state index in [-0.39, 0.29) is 54.7 Å². The summed E-state index contributed by atoms with van der Waals surface area (Å²) in [6, 6.07) is 8.05. The fourth-order valence-electron chi connectivity index (χ4n) is 7.97. The van der Waals surface area contributed by atoms with Gasteiger partial charge in [0.05, 0.1) is 31.1 Å². The molecule has 3 fully saturated rings. The molecule has 0 aliphatic carbocycles. The van der Waals surface area contributed by atoms with Gasteiger partial charge < -0.3 is 29.7 Å². The van der Waals surface area contributed by atoms with Crippen molar-refractivity contribution in [3.63, 3.8) is 0 Å². The molecule has 3 amide bonds. The van der Waals surface area contributed by atoms with E-state index in [0.717, 1.165) is 0 Å². The predicted molar refractivity (Wildman–Crippen MR) is 182 cm³/mol. The highest BCUT2D eigenvalue weighted by molar-refractivity contribution is 9.09. The lowest BCUT2D eigenvalue weighted by atomic mass is 9.70. The third-order valence-corrected chi connectivity index (χ3v) is 10.2. The highest BCUT2D eigenvalue weighted by atomic mass is 79.9. The number of nitrogens with zero attached hydrogens (tertiary/aromatic N) is 2. The Balaban J connectivity index is 1.68. The van der Waals surface area contributed by atoms with E-state index >= 15 is 0 Å². The molecule has 0 aromatic heterocycles. The Morgan fingerprint density at radius 1 is 1.19 bits per heavy atom. The van der Waals surface area contributed by atoms with Crippen LogP contribution in [0.2, 0.25) is 0 Å². The Kier molecular flexibility index (Phi) is 11.4. The SMILES string of the molecule is C=CCCC(=O)NC[C@H](OC(=O)[C@@H]1[C@H]2O[C@@]3(CC2Br)[C@H](C(=O)N(CC=C)C(C)(C)CC(C)(C)C)N(CCO)C(=O)[C@@H]13)c1ccccc1. The van der Waals surface area contributed by atoms with Gasteiger partial charge in [-0.15, -0.1) is 13.2 Å². The first kappa shape index (κ1) is 36.8. The van der Waals surface area contributed by atoms with E-state index in [4.69, 9.17) is 9.47 Å². The number of hydrogen-bond acceptors (Lipinski definition) is 7. The average molecular weight is 717 g/mol. The van der Waals surface area contributed by atoms with Crippen LogP contribution in [-0.2, 0) is 28.7 Å². The summed E-state index contributed by atoms with van der Waals surface area (Å²) in [4.78, 5) is 58.5. The van der Waals surface area contributed by atoms with Gasteiger partial charge in [-0.1, -0.05) is 79.2 Å². The average Bonchev–Trinajstić information content (AvgIpc) is 3.59. The van der Waals surface area contributed by atoms with Crippen molar-refractivity contribution >= 4 is 39.6 Å². The minimum Gasteiger partial charge on any atom is -0.455 e. The molecular formula is C36H50BrN3O7. The van der Waals surface area contributed by atoms with E-state index in [1.807, 2.05) is 44.2 Å². The van der Waals surface area contributed by atoms with Crippen LogP contribution < -0.4 is 5.32 Å². The van der Waals surface area contributed by atoms with Gasteiger partial charge in [0.25, 0.3) is 0 Å². The highest BCUT2D eigenvalue weighted by Gasteiger charge is 2.77. The van der Waals surface area contributed by atoms with Crippen LogP contribution in [0.3, 0.4) is 0 Å². The number of aliphatic hydroxyl groups is 1. The molecule has 1 spiro atoms. The highest BCUT2D eigenvalue weighted by Crippen LogP contribution is 2.60. The number of allylic oxidation sites excluding steroid dienone is 1. The van der Waals surface area contributed by atoms with Gasteiger partial charge in [0.15, 0.2) is 0 Å². The molecule has 47 heavy (non-hydrogen) atoms. The maximum Gasteiger partial charge on any atom is 0.313 e. The molecule has 0 saturated carbocycles. The summed E-state index contributed by atoms with van der Waals surface area (Å²) in [6.45, 7) is 17.7. The quantitative estimate of drug-likeness (QED) is 0.157. The predicted octanol–water partition coefficient (Wildman–Crippen LogP) is 4.32. The van der Waals surface area contributed by atoms with Crippen LogP contribution in [0.4, 0.5) is 0 Å². The van der Waals surface area contributed by atoms with Crippen LogP contribution in [0.1, 0.15) is 72.0 Å². The van der Waals surface area contributed by atoms with E-state index in [1.165, 1.54) is 4.90 Å². The zero-order chi connectivity index (χ0) is 34.7. The third kappa shape index (κ3) is 7.52. The Morgan fingerprint density at radius 3 is 2.47 bits per heavy atom. The van der Waals surface area contributed by atoms with Crippen LogP contribution in [0.5, 0.6) is 0 Å². The molecule has 1 aromatic carbocycles. The maximum atomic E-state index is 14.7. The van der Waals surface area contributed by atoms with E-state index < -0.39 is 53.1 Å². The van der Waals surface area contributed by atoms with Gasteiger partial charge in [-0.2, -0.15) is 0 Å². The van der Waals surface area contributed by atoms with Gasteiger partial charge in [-0.05, 0) is 44.1 Å². The Bertz CT molecular complexity index is 1350. The molecule has 3 saturated heterocycles. The number of aliphatic hydroxyl groups excluding tert-OH is 1. The molecule has 258 valence electrons. The number of amides is 3. The fraction of sp³-hybridized carbons (Fsp3) is 0.611. The van der Waals surface area contributed by atoms with Crippen LogP contribution in [0.25, 0.3) is 0 Å². The number of alkyl halides is 1. The lowest BCUT2D eigenvalue weighted by Crippen LogP contribution is -2.61. The van der Waals surface area contributed by atoms with Crippen molar-refractivity contribution in [2.45, 2.75) is 94.5 Å². The van der Waals surface area contributed by atoms with Crippen LogP contribution in [-0.4, -0.2) is 93.0 Å². The number of fused-ring (bicyclic) bond motifs is 1. The topological polar surface area (TPSA) is 125 Å². The Labute approximate surface area is 287 Å². The summed E-state index contributed by atoms with van der Waals surface area (Å²) >= 11 is 3.70. The molecule has 10 nitrogen and oxygen atoms in total. The number of ether oxygens (including phenoxy) is 2. The number of halogens is 1. The first-order chi connectivity index (χ1) is 22.1. The number of esters is 1. The second-order valence-corrected chi connectivity index (χ2v) is 15.8. The van der Waals surface area contributed by atoms with Crippen LogP contribution in [0.15, 0.2) is 55.6 Å². The van der Waals surface area contributed by atoms with E-state index in [1.54, 1.807) is 17.1 Å². The Morgan fingerprint density at radius 2 is 1.87 bits per heavy atom. The van der Waals surface area contributed by atoms with Crippen molar-refractivity contribution in [3.05, 3.63) is 61.2 Å². The van der Waals surface area contributed by atoms with Gasteiger partial charge in [-0.3, -0.25) is 19.2 Å². The molecule has 7 atom stereocenters. The number of rotatable bonds is 15. The van der Waals surface area contributed by atoms with E-state index in [2.05, 4.69) is 55.2 Å². The van der Waals surface area contributed by atoms with Crippen molar-refractivity contribution < 1.29 is 33.8 Å².